The summed E-state index contributed by atoms with van der Waals surface area (Å²) in [5.74, 6) is 0.925. The standard InChI is InChI=1S/C16H23NO/c1-3-16(17-14-7-5-4-6-8-14)13-9-11-15(18-2)12-10-13/h4-5,9-12,14,16-17H,3,6-8H2,1-2H3. The van der Waals surface area contributed by atoms with E-state index in [0.29, 0.717) is 12.1 Å². The van der Waals surface area contributed by atoms with E-state index in [4.69, 9.17) is 4.74 Å². The van der Waals surface area contributed by atoms with Crippen LogP contribution in [0.25, 0.3) is 0 Å². The largest absolute Gasteiger partial charge is 0.497 e. The number of hydrogen-bond acceptors (Lipinski definition) is 2. The molecule has 1 N–H and O–H groups in total. The van der Waals surface area contributed by atoms with Crippen molar-refractivity contribution in [2.24, 2.45) is 0 Å². The van der Waals surface area contributed by atoms with Crippen LogP contribution in [0.15, 0.2) is 36.4 Å². The van der Waals surface area contributed by atoms with Crippen molar-refractivity contribution in [2.75, 3.05) is 7.11 Å². The maximum atomic E-state index is 5.20. The molecule has 0 bridgehead atoms. The Hall–Kier alpha value is -1.28. The highest BCUT2D eigenvalue weighted by Crippen LogP contribution is 2.22. The molecule has 0 fully saturated rings. The third-order valence-corrected chi connectivity index (χ3v) is 3.63. The summed E-state index contributed by atoms with van der Waals surface area (Å²) in [6.45, 7) is 2.24. The van der Waals surface area contributed by atoms with Gasteiger partial charge >= 0.3 is 0 Å². The molecule has 1 aromatic carbocycles. The molecule has 0 aromatic heterocycles. The zero-order chi connectivity index (χ0) is 12.8. The lowest BCUT2D eigenvalue weighted by atomic mass is 9.98. The molecule has 18 heavy (non-hydrogen) atoms. The number of methoxy groups -OCH3 is 1. The maximum Gasteiger partial charge on any atom is 0.118 e. The molecular weight excluding hydrogens is 222 g/mol. The molecule has 0 aliphatic heterocycles. The lowest BCUT2D eigenvalue weighted by Gasteiger charge is -2.26. The number of ether oxygens (including phenoxy) is 1. The molecular formula is C16H23NO. The van der Waals surface area contributed by atoms with Crippen molar-refractivity contribution in [2.45, 2.75) is 44.7 Å². The zero-order valence-corrected chi connectivity index (χ0v) is 11.4. The SMILES string of the molecule is CCC(NC1CC=CCC1)c1ccc(OC)cc1. The smallest absolute Gasteiger partial charge is 0.118 e. The van der Waals surface area contributed by atoms with Gasteiger partial charge in [0, 0.05) is 12.1 Å². The number of nitrogens with one attached hydrogen (secondary N) is 1. The Balaban J connectivity index is 2.00. The molecule has 0 saturated carbocycles. The molecule has 2 rings (SSSR count). The van der Waals surface area contributed by atoms with Crippen molar-refractivity contribution in [1.29, 1.82) is 0 Å². The zero-order valence-electron chi connectivity index (χ0n) is 11.4. The maximum absolute atomic E-state index is 5.20. The molecule has 98 valence electrons. The summed E-state index contributed by atoms with van der Waals surface area (Å²) in [5.41, 5.74) is 1.35. The first kappa shape index (κ1) is 13.2. The van der Waals surface area contributed by atoms with Crippen molar-refractivity contribution < 1.29 is 4.74 Å². The highest BCUT2D eigenvalue weighted by atomic mass is 16.5. The van der Waals surface area contributed by atoms with E-state index in [1.165, 1.54) is 18.4 Å². The second-order valence-corrected chi connectivity index (χ2v) is 4.88. The molecule has 2 atom stereocenters. The number of allylic oxidation sites excluding steroid dienone is 1. The van der Waals surface area contributed by atoms with Crippen LogP contribution in [0.5, 0.6) is 5.75 Å². The number of benzene rings is 1. The molecule has 2 nitrogen and oxygen atoms in total. The first-order chi connectivity index (χ1) is 8.83. The Bertz CT molecular complexity index is 383. The van der Waals surface area contributed by atoms with Gasteiger partial charge in [-0.15, -0.1) is 0 Å². The average Bonchev–Trinajstić information content (AvgIpc) is 2.46. The van der Waals surface area contributed by atoms with Gasteiger partial charge in [0.15, 0.2) is 0 Å². The molecule has 1 aliphatic rings. The van der Waals surface area contributed by atoms with E-state index >= 15 is 0 Å². The van der Waals surface area contributed by atoms with Crippen LogP contribution < -0.4 is 10.1 Å². The van der Waals surface area contributed by atoms with Gasteiger partial charge in [-0.25, -0.2) is 0 Å². The van der Waals surface area contributed by atoms with Crippen LogP contribution in [0.2, 0.25) is 0 Å². The van der Waals surface area contributed by atoms with Crippen molar-refractivity contribution in [3.63, 3.8) is 0 Å². The van der Waals surface area contributed by atoms with Gasteiger partial charge in [-0.1, -0.05) is 31.2 Å². The Morgan fingerprint density at radius 2 is 2.06 bits per heavy atom. The monoisotopic (exact) mass is 245 g/mol. The molecule has 0 radical (unpaired) electrons. The first-order valence-corrected chi connectivity index (χ1v) is 6.88. The van der Waals surface area contributed by atoms with Crippen molar-refractivity contribution >= 4 is 0 Å². The topological polar surface area (TPSA) is 21.3 Å². The highest BCUT2D eigenvalue weighted by Gasteiger charge is 2.15. The van der Waals surface area contributed by atoms with Crippen LogP contribution >= 0.6 is 0 Å². The Morgan fingerprint density at radius 3 is 2.61 bits per heavy atom. The van der Waals surface area contributed by atoms with E-state index in [1.54, 1.807) is 7.11 Å². The van der Waals surface area contributed by atoms with E-state index in [-0.39, 0.29) is 0 Å². The molecule has 1 aromatic rings. The van der Waals surface area contributed by atoms with Gasteiger partial charge in [-0.2, -0.15) is 0 Å². The van der Waals surface area contributed by atoms with Gasteiger partial charge in [-0.3, -0.25) is 0 Å². The van der Waals surface area contributed by atoms with Crippen molar-refractivity contribution in [3.05, 3.63) is 42.0 Å². The summed E-state index contributed by atoms with van der Waals surface area (Å²) >= 11 is 0. The minimum atomic E-state index is 0.451. The third-order valence-electron chi connectivity index (χ3n) is 3.63. The highest BCUT2D eigenvalue weighted by molar-refractivity contribution is 5.29. The fourth-order valence-corrected chi connectivity index (χ4v) is 2.52. The van der Waals surface area contributed by atoms with Gasteiger partial charge in [0.25, 0.3) is 0 Å². The predicted octanol–water partition coefficient (Wildman–Crippen LogP) is 3.84. The van der Waals surface area contributed by atoms with Crippen LogP contribution in [0.3, 0.4) is 0 Å². The molecule has 2 unspecified atom stereocenters. The van der Waals surface area contributed by atoms with Crippen molar-refractivity contribution in [1.82, 2.24) is 5.32 Å². The van der Waals surface area contributed by atoms with Crippen LogP contribution in [0.4, 0.5) is 0 Å². The molecule has 0 amide bonds. The fourth-order valence-electron chi connectivity index (χ4n) is 2.52. The second kappa shape index (κ2) is 6.60. The number of hydrogen-bond donors (Lipinski definition) is 1. The Kier molecular flexibility index (Phi) is 4.82. The molecule has 1 aliphatic carbocycles. The Morgan fingerprint density at radius 1 is 1.28 bits per heavy atom. The Labute approximate surface area is 110 Å². The summed E-state index contributed by atoms with van der Waals surface area (Å²) in [7, 11) is 1.71. The van der Waals surface area contributed by atoms with Gasteiger partial charge in [0.2, 0.25) is 0 Å². The molecule has 2 heteroatoms. The normalized spacial score (nSPS) is 20.7. The quantitative estimate of drug-likeness (QED) is 0.796. The van der Waals surface area contributed by atoms with Crippen molar-refractivity contribution in [3.8, 4) is 5.75 Å². The van der Waals surface area contributed by atoms with Gasteiger partial charge in [-0.05, 0) is 43.4 Å². The fraction of sp³-hybridized carbons (Fsp3) is 0.500. The molecule has 0 saturated heterocycles. The van der Waals surface area contributed by atoms with Gasteiger partial charge in [0.05, 0.1) is 7.11 Å². The second-order valence-electron chi connectivity index (χ2n) is 4.88. The van der Waals surface area contributed by atoms with E-state index < -0.39 is 0 Å². The van der Waals surface area contributed by atoms with Crippen LogP contribution in [-0.2, 0) is 0 Å². The van der Waals surface area contributed by atoms with E-state index in [2.05, 4.69) is 36.5 Å². The van der Waals surface area contributed by atoms with E-state index in [9.17, 15) is 0 Å². The van der Waals surface area contributed by atoms with Crippen LogP contribution in [-0.4, -0.2) is 13.2 Å². The van der Waals surface area contributed by atoms with E-state index in [0.717, 1.165) is 18.6 Å². The summed E-state index contributed by atoms with van der Waals surface area (Å²) in [5, 5.41) is 3.77. The van der Waals surface area contributed by atoms with Crippen LogP contribution in [0, 0.1) is 0 Å². The summed E-state index contributed by atoms with van der Waals surface area (Å²) in [6, 6.07) is 9.49. The average molecular weight is 245 g/mol. The lowest BCUT2D eigenvalue weighted by molar-refractivity contribution is 0.399. The lowest BCUT2D eigenvalue weighted by Crippen LogP contribution is -2.33. The predicted molar refractivity (Wildman–Crippen MR) is 75.9 cm³/mol. The molecule has 0 spiro atoms. The minimum absolute atomic E-state index is 0.451. The molecule has 0 heterocycles. The van der Waals surface area contributed by atoms with Gasteiger partial charge in [0.1, 0.15) is 5.75 Å². The van der Waals surface area contributed by atoms with Crippen LogP contribution in [0.1, 0.15) is 44.2 Å². The summed E-state index contributed by atoms with van der Waals surface area (Å²) < 4.78 is 5.20. The van der Waals surface area contributed by atoms with E-state index in [1.807, 2.05) is 12.1 Å². The summed E-state index contributed by atoms with van der Waals surface area (Å²) in [6.07, 6.45) is 9.31. The summed E-state index contributed by atoms with van der Waals surface area (Å²) in [4.78, 5) is 0. The minimum Gasteiger partial charge on any atom is -0.497 e. The first-order valence-electron chi connectivity index (χ1n) is 6.88. The number of rotatable bonds is 5. The third kappa shape index (κ3) is 3.36. The van der Waals surface area contributed by atoms with Gasteiger partial charge < -0.3 is 10.1 Å².